The van der Waals surface area contributed by atoms with Gasteiger partial charge in [0.2, 0.25) is 0 Å². The summed E-state index contributed by atoms with van der Waals surface area (Å²) >= 11 is 0. The molecule has 0 unspecified atom stereocenters. The van der Waals surface area contributed by atoms with Crippen molar-refractivity contribution >= 4 is 5.57 Å². The smallest absolute Gasteiger partial charge is 0.271 e. The van der Waals surface area contributed by atoms with Crippen LogP contribution >= 0.6 is 0 Å². The lowest BCUT2D eigenvalue weighted by atomic mass is 9.92. The van der Waals surface area contributed by atoms with E-state index in [9.17, 15) is 8.78 Å². The molecule has 0 atom stereocenters. The van der Waals surface area contributed by atoms with Crippen molar-refractivity contribution in [2.75, 3.05) is 26.2 Å². The van der Waals surface area contributed by atoms with Gasteiger partial charge in [0.25, 0.3) is 5.92 Å². The molecule has 1 aliphatic heterocycles. The number of piperazine rings is 1. The first-order chi connectivity index (χ1) is 19.2. The van der Waals surface area contributed by atoms with Crippen molar-refractivity contribution < 1.29 is 8.78 Å². The third-order valence-electron chi connectivity index (χ3n) is 7.18. The quantitative estimate of drug-likeness (QED) is 0.244. The molecule has 2 heterocycles. The van der Waals surface area contributed by atoms with Crippen LogP contribution < -0.4 is 5.32 Å². The SMILES string of the molecule is C=C(CC(=C/C)/C=C(\C(=C)c1ccnc(C)c1)C(C)(F)F)N/C(C)=C/C=C(\C=C(/C)CC)N1CCN(C(=C)C)CC1. The Balaban J connectivity index is 2.20. The second-order valence-corrected chi connectivity index (χ2v) is 10.9. The summed E-state index contributed by atoms with van der Waals surface area (Å²) < 4.78 is 29.5. The van der Waals surface area contributed by atoms with Gasteiger partial charge < -0.3 is 15.1 Å². The second kappa shape index (κ2) is 15.4. The Morgan fingerprint density at radius 3 is 2.22 bits per heavy atom. The van der Waals surface area contributed by atoms with E-state index in [-0.39, 0.29) is 11.1 Å². The van der Waals surface area contributed by atoms with Crippen LogP contribution in [0.4, 0.5) is 8.78 Å². The summed E-state index contributed by atoms with van der Waals surface area (Å²) in [5, 5.41) is 3.35. The predicted octanol–water partition coefficient (Wildman–Crippen LogP) is 8.72. The average molecular weight is 563 g/mol. The summed E-state index contributed by atoms with van der Waals surface area (Å²) in [6.45, 7) is 29.0. The fourth-order valence-electron chi connectivity index (χ4n) is 4.56. The average Bonchev–Trinajstić information content (AvgIpc) is 2.92. The highest BCUT2D eigenvalue weighted by molar-refractivity contribution is 5.79. The lowest BCUT2D eigenvalue weighted by Crippen LogP contribution is -2.44. The van der Waals surface area contributed by atoms with Crippen molar-refractivity contribution in [3.8, 4) is 0 Å². The number of alkyl halides is 2. The zero-order valence-corrected chi connectivity index (χ0v) is 26.1. The van der Waals surface area contributed by atoms with Crippen LogP contribution in [0.2, 0.25) is 0 Å². The summed E-state index contributed by atoms with van der Waals surface area (Å²) in [7, 11) is 0. The molecule has 0 radical (unpaired) electrons. The van der Waals surface area contributed by atoms with Gasteiger partial charge in [0.15, 0.2) is 0 Å². The van der Waals surface area contributed by atoms with Gasteiger partial charge >= 0.3 is 0 Å². The number of nitrogens with one attached hydrogen (secondary N) is 1. The molecule has 0 aromatic carbocycles. The molecule has 2 rings (SSSR count). The van der Waals surface area contributed by atoms with E-state index in [1.807, 2.05) is 26.8 Å². The lowest BCUT2D eigenvalue weighted by molar-refractivity contribution is 0.0688. The van der Waals surface area contributed by atoms with Crippen LogP contribution in [0.5, 0.6) is 0 Å². The van der Waals surface area contributed by atoms with Crippen LogP contribution in [0.25, 0.3) is 5.57 Å². The van der Waals surface area contributed by atoms with Gasteiger partial charge in [0, 0.05) is 79.8 Å². The highest BCUT2D eigenvalue weighted by Crippen LogP contribution is 2.35. The van der Waals surface area contributed by atoms with Gasteiger partial charge in [-0.3, -0.25) is 4.98 Å². The summed E-state index contributed by atoms with van der Waals surface area (Å²) in [6.07, 6.45) is 12.8. The monoisotopic (exact) mass is 562 g/mol. The molecule has 1 aromatic heterocycles. The number of nitrogens with zero attached hydrogens (tertiary/aromatic N) is 3. The minimum Gasteiger partial charge on any atom is -0.372 e. The third kappa shape index (κ3) is 10.7. The molecule has 41 heavy (non-hydrogen) atoms. The van der Waals surface area contributed by atoms with Crippen LogP contribution in [0.3, 0.4) is 0 Å². The molecule has 0 bridgehead atoms. The topological polar surface area (TPSA) is 31.4 Å². The molecule has 1 N–H and O–H groups in total. The second-order valence-electron chi connectivity index (χ2n) is 10.9. The van der Waals surface area contributed by atoms with Gasteiger partial charge in [-0.1, -0.05) is 38.3 Å². The molecule has 1 aliphatic rings. The maximum absolute atomic E-state index is 14.7. The Morgan fingerprint density at radius 2 is 1.68 bits per heavy atom. The van der Waals surface area contributed by atoms with Gasteiger partial charge in [-0.05, 0) is 94.2 Å². The molecular formula is C35H48F2N4. The Morgan fingerprint density at radius 1 is 1.05 bits per heavy atom. The number of hydrogen-bond donors (Lipinski definition) is 1. The Hall–Kier alpha value is -3.67. The van der Waals surface area contributed by atoms with Crippen LogP contribution in [0.1, 0.15) is 65.6 Å². The van der Waals surface area contributed by atoms with Gasteiger partial charge in [0.1, 0.15) is 0 Å². The van der Waals surface area contributed by atoms with E-state index in [0.29, 0.717) is 12.0 Å². The summed E-state index contributed by atoms with van der Waals surface area (Å²) in [6, 6.07) is 3.48. The first-order valence-corrected chi connectivity index (χ1v) is 14.3. The number of aromatic nitrogens is 1. The van der Waals surface area contributed by atoms with E-state index < -0.39 is 5.92 Å². The summed E-state index contributed by atoms with van der Waals surface area (Å²) in [4.78, 5) is 8.89. The van der Waals surface area contributed by atoms with E-state index in [0.717, 1.165) is 67.9 Å². The molecule has 222 valence electrons. The number of allylic oxidation sites excluding steroid dienone is 11. The molecule has 0 saturated carbocycles. The van der Waals surface area contributed by atoms with E-state index in [1.54, 1.807) is 18.3 Å². The first-order valence-electron chi connectivity index (χ1n) is 14.3. The van der Waals surface area contributed by atoms with Crippen molar-refractivity contribution in [2.45, 2.75) is 67.2 Å². The third-order valence-corrected chi connectivity index (χ3v) is 7.18. The fourth-order valence-corrected chi connectivity index (χ4v) is 4.56. The Kier molecular flexibility index (Phi) is 12.6. The van der Waals surface area contributed by atoms with E-state index in [1.165, 1.54) is 17.3 Å². The van der Waals surface area contributed by atoms with Crippen molar-refractivity contribution in [1.82, 2.24) is 20.1 Å². The Bertz CT molecular complexity index is 1260. The normalized spacial score (nSPS) is 16.2. The molecule has 0 aliphatic carbocycles. The minimum atomic E-state index is -3.06. The molecule has 1 saturated heterocycles. The lowest BCUT2D eigenvalue weighted by Gasteiger charge is -2.38. The predicted molar refractivity (Wildman–Crippen MR) is 171 cm³/mol. The van der Waals surface area contributed by atoms with E-state index in [2.05, 4.69) is 78.8 Å². The molecule has 0 amide bonds. The van der Waals surface area contributed by atoms with E-state index >= 15 is 0 Å². The van der Waals surface area contributed by atoms with Crippen molar-refractivity contribution in [3.63, 3.8) is 0 Å². The van der Waals surface area contributed by atoms with Crippen LogP contribution in [0, 0.1) is 6.92 Å². The van der Waals surface area contributed by atoms with Crippen molar-refractivity contribution in [3.05, 3.63) is 119 Å². The molecular weight excluding hydrogens is 514 g/mol. The minimum absolute atomic E-state index is 0.117. The zero-order chi connectivity index (χ0) is 30.7. The highest BCUT2D eigenvalue weighted by Gasteiger charge is 2.30. The number of aryl methyl sites for hydroxylation is 1. The van der Waals surface area contributed by atoms with Gasteiger partial charge in [-0.25, -0.2) is 8.78 Å². The standard InChI is InChI=1S/C35H48F2N4/c1-11-26(5)21-33(41-19-17-40(18-20-41)25(3)4)14-13-27(6)39-29(8)22-31(12-2)24-34(35(10,36)37)30(9)32-15-16-38-28(7)23-32/h12-16,21,23-24,39H,3,8-9,11,17-20,22H2,1-2,4-7,10H3/b26-21+,27-13+,31-12-,33-14+,34-24+. The molecule has 0 spiro atoms. The number of pyridine rings is 1. The van der Waals surface area contributed by atoms with E-state index in [4.69, 9.17) is 0 Å². The number of rotatable bonds is 13. The number of halogens is 2. The molecule has 1 fully saturated rings. The van der Waals surface area contributed by atoms with Gasteiger partial charge in [-0.2, -0.15) is 0 Å². The molecule has 6 heteroatoms. The highest BCUT2D eigenvalue weighted by atomic mass is 19.3. The van der Waals surface area contributed by atoms with Crippen molar-refractivity contribution in [1.29, 1.82) is 0 Å². The fraction of sp³-hybridized carbons (Fsp3) is 0.400. The zero-order valence-electron chi connectivity index (χ0n) is 26.1. The molecule has 4 nitrogen and oxygen atoms in total. The van der Waals surface area contributed by atoms with Crippen LogP contribution in [-0.2, 0) is 0 Å². The summed E-state index contributed by atoms with van der Waals surface area (Å²) in [5.74, 6) is -3.06. The van der Waals surface area contributed by atoms with Crippen LogP contribution in [0.15, 0.2) is 108 Å². The maximum atomic E-state index is 14.7. The molecule has 1 aromatic rings. The Labute approximate surface area is 246 Å². The largest absolute Gasteiger partial charge is 0.372 e. The van der Waals surface area contributed by atoms with Gasteiger partial charge in [0.05, 0.1) is 0 Å². The van der Waals surface area contributed by atoms with Gasteiger partial charge in [-0.15, -0.1) is 0 Å². The maximum Gasteiger partial charge on any atom is 0.271 e. The van der Waals surface area contributed by atoms with Crippen molar-refractivity contribution in [2.24, 2.45) is 0 Å². The number of hydrogen-bond acceptors (Lipinski definition) is 4. The van der Waals surface area contributed by atoms with Crippen LogP contribution in [-0.4, -0.2) is 46.9 Å². The first kappa shape index (κ1) is 33.5. The summed E-state index contributed by atoms with van der Waals surface area (Å²) in [5.41, 5.74) is 7.52.